The average molecular weight is 634 g/mol. The van der Waals surface area contributed by atoms with Crippen molar-refractivity contribution in [3.05, 3.63) is 89.5 Å². The third-order valence-corrected chi connectivity index (χ3v) is 5.25. The Kier molecular flexibility index (Phi) is 29.3. The summed E-state index contributed by atoms with van der Waals surface area (Å²) in [6.45, 7) is 19.2. The molecule has 45 heavy (non-hydrogen) atoms. The first-order chi connectivity index (χ1) is 21.3. The number of carboxylic acid groups (broad SMARTS) is 3. The van der Waals surface area contributed by atoms with Gasteiger partial charge in [0.05, 0.1) is 0 Å². The normalized spacial score (nSPS) is 9.07. The fourth-order valence-corrected chi connectivity index (χ4v) is 2.88. The molecule has 0 atom stereocenters. The van der Waals surface area contributed by atoms with Gasteiger partial charge in [-0.2, -0.15) is 0 Å². The molecule has 0 aliphatic rings. The number of aromatic carboxylic acids is 3. The monoisotopic (exact) mass is 633 g/mol. The van der Waals surface area contributed by atoms with Gasteiger partial charge in [-0.15, -0.1) is 0 Å². The number of nitrogens with zero attached hydrogens (tertiary/aromatic N) is 1. The van der Waals surface area contributed by atoms with Crippen molar-refractivity contribution in [2.75, 3.05) is 39.3 Å². The number of carbonyl (C=O) groups is 3. The van der Waals surface area contributed by atoms with E-state index in [1.807, 2.05) is 6.92 Å². The van der Waals surface area contributed by atoms with Crippen LogP contribution < -0.4 is 11.1 Å². The van der Waals surface area contributed by atoms with E-state index in [-0.39, 0.29) is 33.9 Å². The summed E-state index contributed by atoms with van der Waals surface area (Å²) >= 11 is 0. The van der Waals surface area contributed by atoms with Crippen LogP contribution in [0.4, 0.5) is 0 Å². The largest absolute Gasteiger partial charge is 0.507 e. The molecule has 0 fully saturated rings. The first-order valence-electron chi connectivity index (χ1n) is 14.5. The van der Waals surface area contributed by atoms with Gasteiger partial charge >= 0.3 is 17.9 Å². The lowest BCUT2D eigenvalue weighted by Gasteiger charge is -2.13. The Hall–Kier alpha value is -4.65. The van der Waals surface area contributed by atoms with Gasteiger partial charge in [-0.05, 0) is 75.7 Å². The van der Waals surface area contributed by atoms with Gasteiger partial charge in [0.1, 0.15) is 33.9 Å². The van der Waals surface area contributed by atoms with Gasteiger partial charge in [0.2, 0.25) is 0 Å². The van der Waals surface area contributed by atoms with Crippen LogP contribution >= 0.6 is 0 Å². The van der Waals surface area contributed by atoms with Crippen LogP contribution in [0.2, 0.25) is 0 Å². The highest BCUT2D eigenvalue weighted by atomic mass is 16.4. The van der Waals surface area contributed by atoms with Gasteiger partial charge in [-0.3, -0.25) is 0 Å². The molecule has 0 aliphatic carbocycles. The van der Waals surface area contributed by atoms with E-state index in [4.69, 9.17) is 36.4 Å². The number of benzene rings is 3. The summed E-state index contributed by atoms with van der Waals surface area (Å²) < 4.78 is 0. The molecule has 0 aliphatic heterocycles. The third-order valence-electron chi connectivity index (χ3n) is 5.25. The molecule has 0 spiro atoms. The first kappa shape index (κ1) is 44.8. The minimum atomic E-state index is -1.11. The van der Waals surface area contributed by atoms with Gasteiger partial charge < -0.3 is 46.6 Å². The van der Waals surface area contributed by atoms with Crippen LogP contribution in [0.15, 0.2) is 72.8 Å². The molecular formula is C33H51N3O9. The smallest absolute Gasteiger partial charge is 0.339 e. The summed E-state index contributed by atoms with van der Waals surface area (Å²) in [5, 5.41) is 55.0. The van der Waals surface area contributed by atoms with Crippen LogP contribution in [0.5, 0.6) is 17.2 Å². The van der Waals surface area contributed by atoms with Crippen LogP contribution in [0.3, 0.4) is 0 Å². The van der Waals surface area contributed by atoms with Crippen molar-refractivity contribution in [2.24, 2.45) is 5.73 Å². The zero-order valence-corrected chi connectivity index (χ0v) is 27.1. The molecule has 0 amide bonds. The molecular weight excluding hydrogens is 582 g/mol. The third kappa shape index (κ3) is 23.5. The Morgan fingerprint density at radius 3 is 0.867 bits per heavy atom. The molecule has 3 aromatic carbocycles. The highest BCUT2D eigenvalue weighted by Gasteiger charge is 2.07. The summed E-state index contributed by atoms with van der Waals surface area (Å²) in [7, 11) is 0. The predicted octanol–water partition coefficient (Wildman–Crippen LogP) is 5.20. The molecule has 3 aromatic rings. The molecule has 0 saturated heterocycles. The number of aromatic hydroxyl groups is 3. The minimum absolute atomic E-state index is 0.0671. The second kappa shape index (κ2) is 29.4. The quantitative estimate of drug-likeness (QED) is 0.161. The van der Waals surface area contributed by atoms with Crippen molar-refractivity contribution < 1.29 is 45.0 Å². The molecule has 9 N–H and O–H groups in total. The van der Waals surface area contributed by atoms with E-state index in [0.717, 1.165) is 19.6 Å². The van der Waals surface area contributed by atoms with Gasteiger partial charge in [-0.25, -0.2) is 14.4 Å². The molecule has 3 rings (SSSR count). The summed E-state index contributed by atoms with van der Waals surface area (Å²) in [6.07, 6.45) is 0. The SMILES string of the molecule is CCN.CCN(CC)CC.CCNCC.O=C(O)c1ccccc1O.O=C(O)c1ccccc1O.O=C(O)c1ccccc1O. The van der Waals surface area contributed by atoms with E-state index in [9.17, 15) is 14.4 Å². The van der Waals surface area contributed by atoms with Gasteiger partial charge in [-0.1, -0.05) is 77.9 Å². The fourth-order valence-electron chi connectivity index (χ4n) is 2.88. The van der Waals surface area contributed by atoms with Crippen molar-refractivity contribution in [2.45, 2.75) is 41.5 Å². The van der Waals surface area contributed by atoms with Crippen LogP contribution in [-0.4, -0.2) is 92.7 Å². The van der Waals surface area contributed by atoms with Gasteiger partial charge in [0.25, 0.3) is 0 Å². The van der Waals surface area contributed by atoms with Crippen molar-refractivity contribution in [1.29, 1.82) is 0 Å². The number of nitrogens with two attached hydrogens (primary N) is 1. The molecule has 0 radical (unpaired) electrons. The predicted molar refractivity (Wildman–Crippen MR) is 178 cm³/mol. The Labute approximate surface area is 266 Å². The van der Waals surface area contributed by atoms with E-state index in [1.54, 1.807) is 36.4 Å². The standard InChI is InChI=1S/3C7H6O3.C6H15N.C4H11N.C2H7N/c3*8-6-4-2-1-3-5(6)7(9)10;1-4-7(5-2)6-3;1-3-5-4-2;1-2-3/h3*1-4,8H,(H,9,10);4-6H2,1-3H3;5H,3-4H2,1-2H3;2-3H2,1H3. The van der Waals surface area contributed by atoms with E-state index < -0.39 is 17.9 Å². The zero-order chi connectivity index (χ0) is 35.2. The second-order valence-electron chi connectivity index (χ2n) is 8.45. The minimum Gasteiger partial charge on any atom is -0.507 e. The van der Waals surface area contributed by atoms with Crippen molar-refractivity contribution in [1.82, 2.24) is 10.2 Å². The number of carboxylic acids is 3. The summed E-state index contributed by atoms with van der Waals surface area (Å²) in [5.74, 6) is -3.94. The van der Waals surface area contributed by atoms with Crippen LogP contribution in [0.1, 0.15) is 72.6 Å². The maximum absolute atomic E-state index is 10.3. The van der Waals surface area contributed by atoms with Crippen LogP contribution in [0.25, 0.3) is 0 Å². The Morgan fingerprint density at radius 2 is 0.778 bits per heavy atom. The number of phenols is 3. The highest BCUT2D eigenvalue weighted by molar-refractivity contribution is 5.91. The van der Waals surface area contributed by atoms with E-state index in [1.165, 1.54) is 56.0 Å². The average Bonchev–Trinajstić information content (AvgIpc) is 3.00. The van der Waals surface area contributed by atoms with Crippen LogP contribution in [0, 0.1) is 0 Å². The molecule has 0 unspecified atom stereocenters. The lowest BCUT2D eigenvalue weighted by atomic mass is 10.2. The van der Waals surface area contributed by atoms with Crippen molar-refractivity contribution >= 4 is 17.9 Å². The Bertz CT molecular complexity index is 1060. The molecule has 0 aromatic heterocycles. The Balaban J connectivity index is -0.000000488. The van der Waals surface area contributed by atoms with Crippen molar-refractivity contribution in [3.8, 4) is 17.2 Å². The van der Waals surface area contributed by atoms with Gasteiger partial charge in [0.15, 0.2) is 0 Å². The lowest BCUT2D eigenvalue weighted by Crippen LogP contribution is -2.21. The topological polar surface area (TPSA) is 214 Å². The van der Waals surface area contributed by atoms with Crippen LogP contribution in [-0.2, 0) is 0 Å². The number of hydrogen-bond donors (Lipinski definition) is 8. The van der Waals surface area contributed by atoms with E-state index in [2.05, 4.69) is 44.8 Å². The number of hydrogen-bond acceptors (Lipinski definition) is 9. The number of rotatable bonds is 8. The highest BCUT2D eigenvalue weighted by Crippen LogP contribution is 2.16. The zero-order valence-electron chi connectivity index (χ0n) is 27.1. The van der Waals surface area contributed by atoms with Crippen molar-refractivity contribution in [3.63, 3.8) is 0 Å². The maximum Gasteiger partial charge on any atom is 0.339 e. The number of para-hydroxylation sites is 3. The molecule has 252 valence electrons. The molecule has 12 heteroatoms. The molecule has 0 heterocycles. The molecule has 0 saturated carbocycles. The Morgan fingerprint density at radius 1 is 0.556 bits per heavy atom. The van der Waals surface area contributed by atoms with E-state index in [0.29, 0.717) is 0 Å². The fraction of sp³-hybridized carbons (Fsp3) is 0.364. The maximum atomic E-state index is 10.3. The second-order valence-corrected chi connectivity index (χ2v) is 8.45. The molecule has 12 nitrogen and oxygen atoms in total. The first-order valence-corrected chi connectivity index (χ1v) is 14.5. The lowest BCUT2D eigenvalue weighted by molar-refractivity contribution is 0.0682. The van der Waals surface area contributed by atoms with E-state index >= 15 is 0 Å². The summed E-state index contributed by atoms with van der Waals surface area (Å²) in [5.41, 5.74) is 4.65. The summed E-state index contributed by atoms with van der Waals surface area (Å²) in [4.78, 5) is 33.2. The summed E-state index contributed by atoms with van der Waals surface area (Å²) in [6, 6.07) is 17.4. The molecule has 0 bridgehead atoms. The number of nitrogens with one attached hydrogen (secondary N) is 1. The van der Waals surface area contributed by atoms with Gasteiger partial charge in [0, 0.05) is 0 Å².